The zero-order valence-electron chi connectivity index (χ0n) is 20.7. The number of carbonyl (C=O) groups excluding carboxylic acids is 2. The molecule has 0 heterocycles. The van der Waals surface area contributed by atoms with Gasteiger partial charge in [0.15, 0.2) is 5.66 Å². The van der Waals surface area contributed by atoms with Crippen molar-refractivity contribution in [3.05, 3.63) is 0 Å². The maximum atomic E-state index is 11.2. The summed E-state index contributed by atoms with van der Waals surface area (Å²) in [5.41, 5.74) is 19.1. The molecule has 202 valence electrons. The van der Waals surface area contributed by atoms with E-state index < -0.39 is 29.6 Å². The molecule has 0 aliphatic carbocycles. The number of carboxylic acids is 2. The molecule has 11 N–H and O–H groups in total. The Balaban J connectivity index is -0.000000603. The molecule has 35 heavy (non-hydrogen) atoms. The third-order valence-electron chi connectivity index (χ3n) is 5.34. The van der Waals surface area contributed by atoms with Crippen LogP contribution in [0.15, 0.2) is 0 Å². The first-order valence-corrected chi connectivity index (χ1v) is 12.3. The maximum absolute atomic E-state index is 11.2. The summed E-state index contributed by atoms with van der Waals surface area (Å²) in [5.74, 6) is -3.48. The fourth-order valence-corrected chi connectivity index (χ4v) is 3.25. The Hall–Kier alpha value is -1.24. The van der Waals surface area contributed by atoms with Gasteiger partial charge in [0, 0.05) is 12.8 Å². The van der Waals surface area contributed by atoms with Crippen molar-refractivity contribution in [3.8, 4) is 0 Å². The average Bonchev–Trinajstić information content (AvgIpc) is 2.75. The quantitative estimate of drug-likeness (QED) is 0.0656. The van der Waals surface area contributed by atoms with Crippen molar-refractivity contribution in [1.82, 2.24) is 5.32 Å². The average molecular weight is 514 g/mol. The number of unbranched alkanes of at least 4 members (excludes halogenated alkanes) is 9. The number of hydrogen-bond acceptors (Lipinski definition) is 7. The summed E-state index contributed by atoms with van der Waals surface area (Å²) in [7, 11) is 0. The van der Waals surface area contributed by atoms with Crippen LogP contribution in [0.5, 0.6) is 0 Å². The van der Waals surface area contributed by atoms with E-state index in [9.17, 15) is 19.2 Å². The number of nitrogens with one attached hydrogen (secondary N) is 1. The van der Waals surface area contributed by atoms with Crippen LogP contribution in [0.25, 0.3) is 0 Å². The van der Waals surface area contributed by atoms with E-state index in [1.165, 1.54) is 44.9 Å². The summed E-state index contributed by atoms with van der Waals surface area (Å²) in [6, 6.07) is -1.26. The summed E-state index contributed by atoms with van der Waals surface area (Å²) in [4.78, 5) is 43.4. The molecule has 0 fully saturated rings. The summed E-state index contributed by atoms with van der Waals surface area (Å²) in [5, 5.41) is 20.5. The SMILES string of the molecule is CCCCCCCCCCCC(N)=O.NCCCC[C@@](N)(N[C@@H](CCC(N)=O)C(=O)O)C(=O)O.[NaH]. The van der Waals surface area contributed by atoms with Gasteiger partial charge < -0.3 is 33.1 Å². The number of primary amides is 2. The van der Waals surface area contributed by atoms with Crippen LogP contribution in [0.3, 0.4) is 0 Å². The zero-order chi connectivity index (χ0) is 26.4. The summed E-state index contributed by atoms with van der Waals surface area (Å²) >= 11 is 0. The van der Waals surface area contributed by atoms with Gasteiger partial charge in [-0.3, -0.25) is 19.7 Å². The Morgan fingerprint density at radius 3 is 1.69 bits per heavy atom. The van der Waals surface area contributed by atoms with Crippen LogP contribution in [0.4, 0.5) is 0 Å². The van der Waals surface area contributed by atoms with Gasteiger partial charge in [-0.05, 0) is 38.6 Å². The predicted molar refractivity (Wildman–Crippen MR) is 139 cm³/mol. The van der Waals surface area contributed by atoms with Gasteiger partial charge in [-0.1, -0.05) is 58.3 Å². The van der Waals surface area contributed by atoms with Gasteiger partial charge in [0.2, 0.25) is 11.8 Å². The Kier molecular flexibility index (Phi) is 26.8. The van der Waals surface area contributed by atoms with Crippen LogP contribution in [-0.4, -0.2) is 81.8 Å². The van der Waals surface area contributed by atoms with Crippen molar-refractivity contribution < 1.29 is 29.4 Å². The Labute approximate surface area is 231 Å². The van der Waals surface area contributed by atoms with Crippen LogP contribution in [0, 0.1) is 0 Å². The van der Waals surface area contributed by atoms with Crippen molar-refractivity contribution in [2.75, 3.05) is 6.54 Å². The molecule has 0 aromatic heterocycles. The van der Waals surface area contributed by atoms with Gasteiger partial charge in [0.05, 0.1) is 0 Å². The van der Waals surface area contributed by atoms with Crippen LogP contribution >= 0.6 is 0 Å². The molecule has 0 bridgehead atoms. The zero-order valence-corrected chi connectivity index (χ0v) is 20.7. The summed E-state index contributed by atoms with van der Waals surface area (Å²) < 4.78 is 0. The van der Waals surface area contributed by atoms with Crippen LogP contribution in [0.2, 0.25) is 0 Å². The third kappa shape index (κ3) is 24.2. The van der Waals surface area contributed by atoms with Crippen LogP contribution < -0.4 is 28.3 Å². The van der Waals surface area contributed by atoms with Gasteiger partial charge >= 0.3 is 41.5 Å². The molecule has 0 aliphatic rings. The first kappa shape index (κ1) is 38.3. The topological polar surface area (TPSA) is 225 Å². The molecule has 0 spiro atoms. The molecule has 0 unspecified atom stereocenters. The number of amides is 2. The predicted octanol–water partition coefficient (Wildman–Crippen LogP) is 0.907. The van der Waals surface area contributed by atoms with E-state index in [1.807, 2.05) is 0 Å². The minimum absolute atomic E-state index is 0. The molecular weight excluding hydrogens is 465 g/mol. The molecule has 0 rings (SSSR count). The first-order valence-electron chi connectivity index (χ1n) is 12.3. The molecular formula is C23H48N5NaO6. The molecule has 0 aromatic rings. The van der Waals surface area contributed by atoms with E-state index >= 15 is 0 Å². The first-order chi connectivity index (χ1) is 16.0. The molecule has 2 amide bonds. The summed E-state index contributed by atoms with van der Waals surface area (Å²) in [6.07, 6.45) is 12.8. The number of carboxylic acid groups (broad SMARTS) is 2. The van der Waals surface area contributed by atoms with Crippen LogP contribution in [-0.2, 0) is 19.2 Å². The normalized spacial score (nSPS) is 12.9. The minimum atomic E-state index is -1.88. The molecule has 12 heteroatoms. The van der Waals surface area contributed by atoms with Gasteiger partial charge in [0.1, 0.15) is 6.04 Å². The molecule has 2 atom stereocenters. The van der Waals surface area contributed by atoms with E-state index in [1.54, 1.807) is 0 Å². The van der Waals surface area contributed by atoms with Gasteiger partial charge in [-0.15, -0.1) is 0 Å². The standard InChI is InChI=1S/C12H25NO.C11H22N4O5.Na.H/c1-2-3-4-5-6-7-8-9-10-11-12(13)14;12-6-2-1-5-11(14,10(19)20)15-7(9(17)18)3-4-8(13)16;;/h2-11H2,1H3,(H2,13,14);7,15H,1-6,12,14H2,(H2,13,16)(H,17,18)(H,19,20);;/t;7-,11+;;/m.0../s1. The number of aliphatic carboxylic acids is 2. The molecule has 0 saturated heterocycles. The number of nitrogens with two attached hydrogens (primary N) is 4. The van der Waals surface area contributed by atoms with E-state index in [0.29, 0.717) is 25.8 Å². The summed E-state index contributed by atoms with van der Waals surface area (Å²) in [6.45, 7) is 2.63. The molecule has 0 aromatic carbocycles. The second-order valence-electron chi connectivity index (χ2n) is 8.61. The van der Waals surface area contributed by atoms with Crippen LogP contribution in [0.1, 0.15) is 103 Å². The second kappa shape index (κ2) is 24.5. The van der Waals surface area contributed by atoms with Crippen molar-refractivity contribution in [3.63, 3.8) is 0 Å². The molecule has 11 nitrogen and oxygen atoms in total. The van der Waals surface area contributed by atoms with E-state index in [-0.39, 0.29) is 54.7 Å². The van der Waals surface area contributed by atoms with E-state index in [0.717, 1.165) is 12.8 Å². The Morgan fingerprint density at radius 1 is 0.800 bits per heavy atom. The van der Waals surface area contributed by atoms with Crippen molar-refractivity contribution >= 4 is 53.3 Å². The fraction of sp³-hybridized carbons (Fsp3) is 0.826. The Morgan fingerprint density at radius 2 is 1.29 bits per heavy atom. The third-order valence-corrected chi connectivity index (χ3v) is 5.34. The fourth-order valence-electron chi connectivity index (χ4n) is 3.25. The number of carbonyl (C=O) groups is 4. The van der Waals surface area contributed by atoms with E-state index in [4.69, 9.17) is 33.1 Å². The van der Waals surface area contributed by atoms with Crippen molar-refractivity contribution in [2.45, 2.75) is 115 Å². The van der Waals surface area contributed by atoms with Gasteiger partial charge in [-0.2, -0.15) is 0 Å². The van der Waals surface area contributed by atoms with Crippen molar-refractivity contribution in [2.24, 2.45) is 22.9 Å². The number of hydrogen-bond donors (Lipinski definition) is 7. The molecule has 0 radical (unpaired) electrons. The number of rotatable bonds is 21. The molecule has 0 aliphatic heterocycles. The molecule has 0 saturated carbocycles. The Bertz CT molecular complexity index is 597. The van der Waals surface area contributed by atoms with Gasteiger partial charge in [0.25, 0.3) is 0 Å². The monoisotopic (exact) mass is 513 g/mol. The van der Waals surface area contributed by atoms with Gasteiger partial charge in [-0.25, -0.2) is 4.79 Å². The van der Waals surface area contributed by atoms with Crippen molar-refractivity contribution in [1.29, 1.82) is 0 Å². The second-order valence-corrected chi connectivity index (χ2v) is 8.61. The van der Waals surface area contributed by atoms with E-state index in [2.05, 4.69) is 12.2 Å².